The van der Waals surface area contributed by atoms with Crippen LogP contribution in [0.2, 0.25) is 0 Å². The molecule has 4 aromatic carbocycles. The molecule has 0 saturated heterocycles. The first-order chi connectivity index (χ1) is 29.0. The number of carbonyl (C=O) groups is 2. The molecule has 4 atom stereocenters. The number of aliphatic hydroxyl groups is 4. The summed E-state index contributed by atoms with van der Waals surface area (Å²) in [7, 11) is 0. The van der Waals surface area contributed by atoms with Gasteiger partial charge in [0, 0.05) is 95.4 Å². The van der Waals surface area contributed by atoms with Gasteiger partial charge in [-0.2, -0.15) is 0 Å². The van der Waals surface area contributed by atoms with Crippen LogP contribution in [0.4, 0.5) is 0 Å². The van der Waals surface area contributed by atoms with E-state index >= 15 is 0 Å². The van der Waals surface area contributed by atoms with E-state index in [2.05, 4.69) is 36.4 Å². The Hall–Kier alpha value is -4.78. The second-order valence-corrected chi connectivity index (χ2v) is 15.7. The summed E-state index contributed by atoms with van der Waals surface area (Å²) in [5.74, 6) is -1.35. The Morgan fingerprint density at radius 2 is 0.885 bits per heavy atom. The van der Waals surface area contributed by atoms with Crippen molar-refractivity contribution in [2.45, 2.75) is 87.6 Å². The Labute approximate surface area is 385 Å². The van der Waals surface area contributed by atoms with Crippen LogP contribution in [0, 0.1) is 0 Å². The number of carboxylic acids is 2. The Balaban J connectivity index is 0.000000201. The molecule has 0 bridgehead atoms. The second-order valence-electron chi connectivity index (χ2n) is 15.7. The predicted molar refractivity (Wildman–Crippen MR) is 240 cm³/mol. The van der Waals surface area contributed by atoms with E-state index in [1.54, 1.807) is 12.2 Å². The predicted octanol–water partition coefficient (Wildman–Crippen LogP) is 8.38. The molecule has 61 heavy (non-hydrogen) atoms. The van der Waals surface area contributed by atoms with Crippen molar-refractivity contribution in [3.05, 3.63) is 144 Å². The van der Waals surface area contributed by atoms with E-state index in [0.29, 0.717) is 11.8 Å². The maximum absolute atomic E-state index is 10.8. The smallest absolute Gasteiger partial charge is 0.305 e. The number of carboxylic acid groups (broad SMARTS) is 2. The van der Waals surface area contributed by atoms with Crippen LogP contribution in [0.15, 0.2) is 121 Å². The first-order valence-electron chi connectivity index (χ1n) is 20.5. The largest absolute Gasteiger partial charge is 0.481 e. The Morgan fingerprint density at radius 3 is 1.23 bits per heavy atom. The van der Waals surface area contributed by atoms with E-state index in [0.717, 1.165) is 92.3 Å². The standard InChI is InChI=1S/2C25H25NO4.Ca/c2*27-18(14-19(28)15-23(29)30)12-13-21-24(16-6-2-1-3-7-16)20-8-4-5-9-22(20)26-25(21)17-10-11-17;/h2*1-9,12-13,17-19,27-28H,10-11,14-15H2,(H,29,30);/b2*13-12+;/t2*18-,19-;/m11./s1. The molecule has 2 aliphatic rings. The molecule has 8 rings (SSSR count). The van der Waals surface area contributed by atoms with Gasteiger partial charge >= 0.3 is 11.9 Å². The first kappa shape index (κ1) is 45.7. The topological polar surface area (TPSA) is 181 Å². The van der Waals surface area contributed by atoms with E-state index in [1.807, 2.05) is 84.9 Å². The maximum atomic E-state index is 10.8. The Bertz CT molecular complexity index is 2330. The number of pyridine rings is 2. The van der Waals surface area contributed by atoms with Gasteiger partial charge in [-0.05, 0) is 48.9 Å². The van der Waals surface area contributed by atoms with Gasteiger partial charge in [0.1, 0.15) is 0 Å². The number of benzene rings is 4. The minimum atomic E-state index is -1.09. The molecule has 10 nitrogen and oxygen atoms in total. The van der Waals surface area contributed by atoms with Crippen molar-refractivity contribution in [1.29, 1.82) is 0 Å². The first-order valence-corrected chi connectivity index (χ1v) is 20.5. The summed E-state index contributed by atoms with van der Waals surface area (Å²) in [6.07, 6.45) is 6.54. The van der Waals surface area contributed by atoms with E-state index in [9.17, 15) is 30.0 Å². The zero-order valence-corrected chi connectivity index (χ0v) is 36.1. The van der Waals surface area contributed by atoms with Crippen LogP contribution in [-0.4, -0.2) is 115 Å². The molecule has 6 N–H and O–H groups in total. The molecular weight excluding hydrogens is 797 g/mol. The van der Waals surface area contributed by atoms with E-state index in [1.165, 1.54) is 0 Å². The molecule has 0 aliphatic heterocycles. The number of hydrogen-bond donors (Lipinski definition) is 6. The molecule has 6 aromatic rings. The summed E-state index contributed by atoms with van der Waals surface area (Å²) < 4.78 is 0. The average Bonchev–Trinajstić information content (AvgIpc) is 4.17. The normalized spacial score (nSPS) is 15.8. The van der Waals surface area contributed by atoms with Crippen LogP contribution >= 0.6 is 0 Å². The van der Waals surface area contributed by atoms with E-state index in [4.69, 9.17) is 20.2 Å². The summed E-state index contributed by atoms with van der Waals surface area (Å²) in [6.45, 7) is 0. The molecule has 0 spiro atoms. The third-order valence-corrected chi connectivity index (χ3v) is 10.8. The van der Waals surface area contributed by atoms with Crippen molar-refractivity contribution in [2.75, 3.05) is 0 Å². The zero-order valence-electron chi connectivity index (χ0n) is 33.9. The van der Waals surface area contributed by atoms with Crippen molar-refractivity contribution in [1.82, 2.24) is 9.97 Å². The molecule has 0 unspecified atom stereocenters. The molecule has 2 fully saturated rings. The van der Waals surface area contributed by atoms with Crippen molar-refractivity contribution in [2.24, 2.45) is 0 Å². The molecule has 2 radical (unpaired) electrons. The molecular formula is C50H50CaN2O8. The average molecular weight is 847 g/mol. The number of aliphatic carboxylic acids is 2. The number of hydrogen-bond acceptors (Lipinski definition) is 8. The van der Waals surface area contributed by atoms with Gasteiger partial charge in [-0.15, -0.1) is 0 Å². The van der Waals surface area contributed by atoms with Gasteiger partial charge in [-0.1, -0.05) is 121 Å². The summed E-state index contributed by atoms with van der Waals surface area (Å²) in [6, 6.07) is 36.4. The molecule has 2 aromatic heterocycles. The van der Waals surface area contributed by atoms with Crippen LogP contribution < -0.4 is 0 Å². The number of aromatic nitrogens is 2. The summed E-state index contributed by atoms with van der Waals surface area (Å²) >= 11 is 0. The molecule has 2 heterocycles. The van der Waals surface area contributed by atoms with Gasteiger partial charge in [0.05, 0.1) is 59.7 Å². The number of nitrogens with zero attached hydrogens (tertiary/aromatic N) is 2. The van der Waals surface area contributed by atoms with Crippen LogP contribution in [-0.2, 0) is 9.59 Å². The fourth-order valence-corrected chi connectivity index (χ4v) is 7.70. The van der Waals surface area contributed by atoms with Crippen molar-refractivity contribution in [3.63, 3.8) is 0 Å². The van der Waals surface area contributed by atoms with Gasteiger partial charge in [0.2, 0.25) is 0 Å². The molecule has 0 amide bonds. The van der Waals surface area contributed by atoms with Gasteiger partial charge in [-0.25, -0.2) is 0 Å². The minimum Gasteiger partial charge on any atom is -0.481 e. The van der Waals surface area contributed by atoms with E-state index in [-0.39, 0.29) is 63.4 Å². The fourth-order valence-electron chi connectivity index (χ4n) is 7.70. The van der Waals surface area contributed by atoms with Gasteiger partial charge in [0.25, 0.3) is 0 Å². The third kappa shape index (κ3) is 12.2. The Kier molecular flexibility index (Phi) is 16.0. The second kappa shape index (κ2) is 21.3. The maximum Gasteiger partial charge on any atom is 0.305 e. The van der Waals surface area contributed by atoms with Crippen LogP contribution in [0.25, 0.3) is 56.2 Å². The van der Waals surface area contributed by atoms with Gasteiger partial charge in [0.15, 0.2) is 0 Å². The minimum absolute atomic E-state index is 0. The van der Waals surface area contributed by atoms with Gasteiger partial charge < -0.3 is 30.6 Å². The summed E-state index contributed by atoms with van der Waals surface area (Å²) in [5.41, 5.74) is 10.2. The number of para-hydroxylation sites is 2. The number of rotatable bonds is 16. The summed E-state index contributed by atoms with van der Waals surface area (Å²) in [5, 5.41) is 60.1. The van der Waals surface area contributed by atoms with Crippen molar-refractivity contribution < 1.29 is 40.2 Å². The third-order valence-electron chi connectivity index (χ3n) is 10.8. The van der Waals surface area contributed by atoms with Crippen LogP contribution in [0.3, 0.4) is 0 Å². The zero-order chi connectivity index (χ0) is 42.2. The van der Waals surface area contributed by atoms with Gasteiger partial charge in [-0.3, -0.25) is 19.6 Å². The number of aliphatic hydroxyl groups excluding tert-OH is 4. The SMILES string of the molecule is O=C(O)C[C@H](O)C[C@H](O)/C=C/c1c(C2CC2)nc2ccccc2c1-c1ccccc1.O=C(O)C[C@H](O)C[C@H](O)/C=C/c1c(C2CC2)nc2ccccc2c1-c1ccccc1.[Ca]. The monoisotopic (exact) mass is 846 g/mol. The quantitative estimate of drug-likeness (QED) is 0.0518. The van der Waals surface area contributed by atoms with Crippen LogP contribution in [0.1, 0.15) is 85.7 Å². The molecule has 2 saturated carbocycles. The fraction of sp³-hybridized carbons (Fsp3) is 0.280. The summed E-state index contributed by atoms with van der Waals surface area (Å²) in [4.78, 5) is 31.4. The Morgan fingerprint density at radius 1 is 0.541 bits per heavy atom. The van der Waals surface area contributed by atoms with Crippen molar-refractivity contribution in [3.8, 4) is 22.3 Å². The van der Waals surface area contributed by atoms with E-state index < -0.39 is 36.4 Å². The van der Waals surface area contributed by atoms with Crippen LogP contribution in [0.5, 0.6) is 0 Å². The molecule has 11 heteroatoms. The van der Waals surface area contributed by atoms with Crippen molar-refractivity contribution >= 4 is 83.6 Å². The molecule has 310 valence electrons. The molecule has 2 aliphatic carbocycles. The number of fused-ring (bicyclic) bond motifs is 2.